The van der Waals surface area contributed by atoms with Gasteiger partial charge in [0.2, 0.25) is 10.0 Å². The summed E-state index contributed by atoms with van der Waals surface area (Å²) in [6.07, 6.45) is 4.41. The van der Waals surface area contributed by atoms with E-state index in [9.17, 15) is 13.5 Å². The molecule has 0 bridgehead atoms. The van der Waals surface area contributed by atoms with Crippen LogP contribution in [0.4, 0.5) is 0 Å². The molecular formula is C14H24N2O3S. The van der Waals surface area contributed by atoms with E-state index in [0.29, 0.717) is 18.8 Å². The van der Waals surface area contributed by atoms with E-state index in [1.54, 1.807) is 28.2 Å². The van der Waals surface area contributed by atoms with Crippen molar-refractivity contribution < 1.29 is 13.5 Å². The summed E-state index contributed by atoms with van der Waals surface area (Å²) in [7, 11) is -1.70. The minimum atomic E-state index is -3.45. The maximum atomic E-state index is 12.7. The van der Waals surface area contributed by atoms with Crippen molar-refractivity contribution in [2.45, 2.75) is 44.6 Å². The van der Waals surface area contributed by atoms with Crippen LogP contribution in [-0.4, -0.2) is 35.5 Å². The Balaban J connectivity index is 2.25. The molecule has 0 atom stereocenters. The summed E-state index contributed by atoms with van der Waals surface area (Å²) < 4.78 is 28.6. The molecule has 1 aromatic rings. The van der Waals surface area contributed by atoms with Gasteiger partial charge in [0, 0.05) is 32.0 Å². The highest BCUT2D eigenvalue weighted by Crippen LogP contribution is 2.32. The zero-order chi connectivity index (χ0) is 15.0. The minimum Gasteiger partial charge on any atom is -0.390 e. The second kappa shape index (κ2) is 5.50. The summed E-state index contributed by atoms with van der Waals surface area (Å²) in [5, 5.41) is 9.19. The number of rotatable bonds is 3. The Kier molecular flexibility index (Phi) is 4.27. The third-order valence-electron chi connectivity index (χ3n) is 4.18. The Bertz CT molecular complexity index is 575. The van der Waals surface area contributed by atoms with Crippen molar-refractivity contribution in [3.63, 3.8) is 0 Å². The van der Waals surface area contributed by atoms with Crippen molar-refractivity contribution in [2.75, 3.05) is 13.1 Å². The normalized spacial score (nSPS) is 20.8. The second-order valence-electron chi connectivity index (χ2n) is 6.36. The Hall–Kier alpha value is -0.850. The van der Waals surface area contributed by atoms with Crippen molar-refractivity contribution in [3.05, 3.63) is 18.0 Å². The molecule has 5 nitrogen and oxygen atoms in total. The van der Waals surface area contributed by atoms with Gasteiger partial charge in [0.25, 0.3) is 0 Å². The molecule has 2 rings (SSSR count). The molecular weight excluding hydrogens is 276 g/mol. The second-order valence-corrected chi connectivity index (χ2v) is 8.30. The Morgan fingerprint density at radius 3 is 2.60 bits per heavy atom. The molecule has 1 fully saturated rings. The molecule has 2 heterocycles. The van der Waals surface area contributed by atoms with Crippen molar-refractivity contribution >= 4 is 10.0 Å². The van der Waals surface area contributed by atoms with Gasteiger partial charge in [-0.25, -0.2) is 8.42 Å². The van der Waals surface area contributed by atoms with Crippen molar-refractivity contribution in [3.8, 4) is 0 Å². The lowest BCUT2D eigenvalue weighted by molar-refractivity contribution is 0.272. The number of aliphatic hydroxyl groups is 1. The van der Waals surface area contributed by atoms with Gasteiger partial charge in [0.1, 0.15) is 4.90 Å². The molecule has 20 heavy (non-hydrogen) atoms. The number of aryl methyl sites for hydroxylation is 1. The number of hydrogen-bond donors (Lipinski definition) is 1. The maximum absolute atomic E-state index is 12.7. The van der Waals surface area contributed by atoms with E-state index in [1.165, 1.54) is 0 Å². The number of aliphatic hydroxyl groups excluding tert-OH is 1. The quantitative estimate of drug-likeness (QED) is 0.924. The van der Waals surface area contributed by atoms with Crippen LogP contribution in [0.25, 0.3) is 0 Å². The first-order chi connectivity index (χ1) is 9.26. The first-order valence-corrected chi connectivity index (χ1v) is 8.46. The average molecular weight is 300 g/mol. The van der Waals surface area contributed by atoms with Crippen molar-refractivity contribution in [1.29, 1.82) is 0 Å². The van der Waals surface area contributed by atoms with E-state index in [2.05, 4.69) is 13.8 Å². The van der Waals surface area contributed by atoms with Gasteiger partial charge >= 0.3 is 0 Å². The summed E-state index contributed by atoms with van der Waals surface area (Å²) >= 11 is 0. The zero-order valence-electron chi connectivity index (χ0n) is 12.5. The lowest BCUT2D eigenvalue weighted by Crippen LogP contribution is -2.32. The third kappa shape index (κ3) is 3.07. The fourth-order valence-electron chi connectivity index (χ4n) is 2.66. The van der Waals surface area contributed by atoms with Crippen molar-refractivity contribution in [2.24, 2.45) is 12.5 Å². The monoisotopic (exact) mass is 300 g/mol. The smallest absolute Gasteiger partial charge is 0.244 e. The van der Waals surface area contributed by atoms with E-state index < -0.39 is 10.0 Å². The number of sulfonamides is 1. The van der Waals surface area contributed by atoms with Crippen molar-refractivity contribution in [1.82, 2.24) is 8.87 Å². The molecule has 1 N–H and O–H groups in total. The summed E-state index contributed by atoms with van der Waals surface area (Å²) in [5.41, 5.74) is 0.816. The van der Waals surface area contributed by atoms with Crippen LogP contribution in [0, 0.1) is 5.41 Å². The number of nitrogens with zero attached hydrogens (tertiary/aromatic N) is 2. The Morgan fingerprint density at radius 1 is 1.30 bits per heavy atom. The van der Waals surface area contributed by atoms with Crippen LogP contribution in [0.3, 0.4) is 0 Å². The van der Waals surface area contributed by atoms with Gasteiger partial charge in [0.15, 0.2) is 0 Å². The van der Waals surface area contributed by atoms with Crippen LogP contribution in [-0.2, 0) is 23.7 Å². The standard InChI is InChI=1S/C14H24N2O3S/c1-14(2)5-4-7-16(8-6-14)20(18,19)13-9-12(11-17)15(3)10-13/h9-10,17H,4-8,11H2,1-3H3. The van der Waals surface area contributed by atoms with E-state index in [4.69, 9.17) is 0 Å². The Labute approximate surface area is 121 Å². The molecule has 0 aromatic carbocycles. The van der Waals surface area contributed by atoms with E-state index in [-0.39, 0.29) is 16.9 Å². The SMILES string of the molecule is Cn1cc(S(=O)(=O)N2CCCC(C)(C)CC2)cc1CO. The van der Waals surface area contributed by atoms with Crippen LogP contribution >= 0.6 is 0 Å². The molecule has 0 radical (unpaired) electrons. The molecule has 6 heteroatoms. The summed E-state index contributed by atoms with van der Waals surface area (Å²) in [6, 6.07) is 1.56. The van der Waals surface area contributed by atoms with Crippen LogP contribution in [0.5, 0.6) is 0 Å². The van der Waals surface area contributed by atoms with Gasteiger partial charge in [-0.15, -0.1) is 0 Å². The first-order valence-electron chi connectivity index (χ1n) is 7.02. The van der Waals surface area contributed by atoms with Crippen LogP contribution in [0.1, 0.15) is 38.8 Å². The predicted octanol–water partition coefficient (Wildman–Crippen LogP) is 1.72. The van der Waals surface area contributed by atoms with Gasteiger partial charge in [-0.3, -0.25) is 0 Å². The molecule has 1 aliphatic rings. The topological polar surface area (TPSA) is 62.5 Å². The van der Waals surface area contributed by atoms with E-state index in [0.717, 1.165) is 19.3 Å². The molecule has 114 valence electrons. The zero-order valence-corrected chi connectivity index (χ0v) is 13.3. The third-order valence-corrected chi connectivity index (χ3v) is 6.05. The Morgan fingerprint density at radius 2 is 2.00 bits per heavy atom. The fourth-order valence-corrected chi connectivity index (χ4v) is 4.24. The van der Waals surface area contributed by atoms with Gasteiger partial charge in [-0.05, 0) is 30.7 Å². The molecule has 1 saturated heterocycles. The average Bonchev–Trinajstić information content (AvgIpc) is 2.64. The molecule has 0 unspecified atom stereocenters. The van der Waals surface area contributed by atoms with Gasteiger partial charge in [0.05, 0.1) is 6.61 Å². The molecule has 0 amide bonds. The highest BCUT2D eigenvalue weighted by Gasteiger charge is 2.31. The predicted molar refractivity (Wildman–Crippen MR) is 77.7 cm³/mol. The maximum Gasteiger partial charge on any atom is 0.244 e. The van der Waals surface area contributed by atoms with E-state index >= 15 is 0 Å². The number of hydrogen-bond acceptors (Lipinski definition) is 3. The summed E-state index contributed by atoms with van der Waals surface area (Å²) in [6.45, 7) is 5.37. The molecule has 0 aliphatic carbocycles. The van der Waals surface area contributed by atoms with Gasteiger partial charge in [-0.1, -0.05) is 13.8 Å². The van der Waals surface area contributed by atoms with Crippen LogP contribution < -0.4 is 0 Å². The highest BCUT2D eigenvalue weighted by atomic mass is 32.2. The lowest BCUT2D eigenvalue weighted by Gasteiger charge is -2.22. The molecule has 1 aromatic heterocycles. The van der Waals surface area contributed by atoms with E-state index in [1.807, 2.05) is 0 Å². The summed E-state index contributed by atoms with van der Waals surface area (Å²) in [5.74, 6) is 0. The van der Waals surface area contributed by atoms with Gasteiger partial charge < -0.3 is 9.67 Å². The largest absolute Gasteiger partial charge is 0.390 e. The van der Waals surface area contributed by atoms with Gasteiger partial charge in [-0.2, -0.15) is 4.31 Å². The van der Waals surface area contributed by atoms with Crippen LogP contribution in [0.2, 0.25) is 0 Å². The minimum absolute atomic E-state index is 0.154. The molecule has 0 spiro atoms. The van der Waals surface area contributed by atoms with Crippen LogP contribution in [0.15, 0.2) is 17.2 Å². The molecule has 1 aliphatic heterocycles. The lowest BCUT2D eigenvalue weighted by atomic mass is 9.85. The first kappa shape index (κ1) is 15.5. The fraction of sp³-hybridized carbons (Fsp3) is 0.714. The highest BCUT2D eigenvalue weighted by molar-refractivity contribution is 7.89. The number of aromatic nitrogens is 1. The summed E-state index contributed by atoms with van der Waals surface area (Å²) in [4.78, 5) is 0.281. The molecule has 0 saturated carbocycles.